The van der Waals surface area contributed by atoms with Gasteiger partial charge in [-0.15, -0.1) is 0 Å². The summed E-state index contributed by atoms with van der Waals surface area (Å²) in [6.45, 7) is 0.571. The van der Waals surface area contributed by atoms with Gasteiger partial charge in [0.05, 0.1) is 11.5 Å². The molecule has 0 bridgehead atoms. The molecular weight excluding hydrogens is 324 g/mol. The smallest absolute Gasteiger partial charge is 0.219 e. The van der Waals surface area contributed by atoms with Crippen molar-refractivity contribution in [3.05, 3.63) is 18.2 Å². The Bertz CT molecular complexity index is 557. The molecule has 1 atom stereocenters. The molecule has 0 radical (unpaired) electrons. The van der Waals surface area contributed by atoms with Gasteiger partial charge in [-0.25, -0.2) is 8.42 Å². The number of alkyl halides is 1. The Morgan fingerprint density at radius 1 is 1.44 bits per heavy atom. The van der Waals surface area contributed by atoms with Crippen molar-refractivity contribution in [3.8, 4) is 11.5 Å². The average Bonchev–Trinajstić information content (AvgIpc) is 2.26. The molecule has 5 nitrogen and oxygen atoms in total. The Hall–Kier alpha value is -0.790. The van der Waals surface area contributed by atoms with E-state index in [1.807, 2.05) is 0 Å². The summed E-state index contributed by atoms with van der Waals surface area (Å²) in [7, 11) is -1.72. The van der Waals surface area contributed by atoms with E-state index in [-0.39, 0.29) is 18.1 Å². The number of rotatable bonds is 3. The zero-order valence-corrected chi connectivity index (χ0v) is 12.4. The summed E-state index contributed by atoms with van der Waals surface area (Å²) < 4.78 is 38.4. The zero-order chi connectivity index (χ0) is 13.4. The number of methoxy groups -OCH3 is 1. The van der Waals surface area contributed by atoms with Crippen LogP contribution in [0.2, 0.25) is 0 Å². The molecule has 2 rings (SSSR count). The van der Waals surface area contributed by atoms with E-state index in [0.29, 0.717) is 11.5 Å². The van der Waals surface area contributed by atoms with Gasteiger partial charge < -0.3 is 14.2 Å². The van der Waals surface area contributed by atoms with E-state index in [2.05, 4.69) is 15.9 Å². The highest BCUT2D eigenvalue weighted by atomic mass is 79.9. The van der Waals surface area contributed by atoms with Crippen molar-refractivity contribution in [3.63, 3.8) is 0 Å². The first kappa shape index (κ1) is 13.6. The fraction of sp³-hybridized carbons (Fsp3) is 0.455. The van der Waals surface area contributed by atoms with Gasteiger partial charge in [-0.1, -0.05) is 0 Å². The second-order valence-electron chi connectivity index (χ2n) is 4.09. The van der Waals surface area contributed by atoms with Crippen LogP contribution in [0.25, 0.3) is 0 Å². The van der Waals surface area contributed by atoms with Gasteiger partial charge in [0.2, 0.25) is 4.51 Å². The minimum absolute atomic E-state index is 0.194. The van der Waals surface area contributed by atoms with Gasteiger partial charge in [0.15, 0.2) is 21.3 Å². The molecule has 18 heavy (non-hydrogen) atoms. The zero-order valence-electron chi connectivity index (χ0n) is 9.97. The summed E-state index contributed by atoms with van der Waals surface area (Å²) in [5, 5.41) is 0. The maximum Gasteiger partial charge on any atom is 0.219 e. The summed E-state index contributed by atoms with van der Waals surface area (Å²) in [6, 6.07) is 4.54. The molecule has 1 unspecified atom stereocenters. The van der Waals surface area contributed by atoms with Gasteiger partial charge in [-0.05, 0) is 28.1 Å². The molecule has 0 aromatic heterocycles. The van der Waals surface area contributed by atoms with Crippen LogP contribution in [0.4, 0.5) is 0 Å². The van der Waals surface area contributed by atoms with Crippen molar-refractivity contribution >= 4 is 25.8 Å². The Balaban J connectivity index is 2.36. The van der Waals surface area contributed by atoms with Crippen LogP contribution in [-0.4, -0.2) is 39.5 Å². The van der Waals surface area contributed by atoms with Crippen molar-refractivity contribution in [2.75, 3.05) is 26.6 Å². The molecule has 0 N–H and O–H groups in total. The second-order valence-corrected chi connectivity index (χ2v) is 7.55. The number of hydrogen-bond acceptors (Lipinski definition) is 5. The number of benzene rings is 1. The van der Waals surface area contributed by atoms with Gasteiger partial charge in [0.1, 0.15) is 6.61 Å². The maximum atomic E-state index is 11.5. The van der Waals surface area contributed by atoms with Gasteiger partial charge in [-0.2, -0.15) is 0 Å². The first-order valence-corrected chi connectivity index (χ1v) is 7.86. The number of ether oxygens (including phenoxy) is 3. The van der Waals surface area contributed by atoms with Crippen LogP contribution in [0, 0.1) is 0 Å². The highest BCUT2D eigenvalue weighted by Gasteiger charge is 2.35. The number of fused-ring (bicyclic) bond motifs is 1. The van der Waals surface area contributed by atoms with Gasteiger partial charge >= 0.3 is 0 Å². The van der Waals surface area contributed by atoms with E-state index in [0.717, 1.165) is 6.26 Å². The van der Waals surface area contributed by atoms with Crippen LogP contribution in [0.5, 0.6) is 11.5 Å². The van der Waals surface area contributed by atoms with Crippen LogP contribution in [0.15, 0.2) is 23.1 Å². The highest BCUT2D eigenvalue weighted by molar-refractivity contribution is 9.10. The minimum Gasteiger partial charge on any atom is -0.484 e. The fourth-order valence-electron chi connectivity index (χ4n) is 1.62. The molecule has 0 aliphatic carbocycles. The fourth-order valence-corrected chi connectivity index (χ4v) is 2.77. The summed E-state index contributed by atoms with van der Waals surface area (Å²) >= 11 is 3.38. The van der Waals surface area contributed by atoms with Crippen molar-refractivity contribution in [2.45, 2.75) is 9.41 Å². The van der Waals surface area contributed by atoms with Crippen molar-refractivity contribution < 1.29 is 22.6 Å². The molecule has 100 valence electrons. The Morgan fingerprint density at radius 2 is 2.17 bits per heavy atom. The minimum atomic E-state index is -3.27. The topological polar surface area (TPSA) is 61.8 Å². The standard InChI is InChI=1S/C11H13BrO5S/c1-15-6-11(12)7-16-9-4-3-8(18(2,13)14)5-10(9)17-11/h3-5H,6-7H2,1-2H3. The van der Waals surface area contributed by atoms with Gasteiger partial charge in [-0.3, -0.25) is 0 Å². The molecule has 1 aliphatic rings. The lowest BCUT2D eigenvalue weighted by Gasteiger charge is -2.33. The van der Waals surface area contributed by atoms with Crippen LogP contribution < -0.4 is 9.47 Å². The Kier molecular flexibility index (Phi) is 3.57. The molecule has 1 aromatic rings. The number of sulfone groups is 1. The molecule has 1 aliphatic heterocycles. The van der Waals surface area contributed by atoms with Crippen molar-refractivity contribution in [1.29, 1.82) is 0 Å². The van der Waals surface area contributed by atoms with Crippen LogP contribution >= 0.6 is 15.9 Å². The molecule has 0 fully saturated rings. The predicted octanol–water partition coefficient (Wildman–Crippen LogP) is 1.60. The summed E-state index contributed by atoms with van der Waals surface area (Å²) in [5.41, 5.74) is 0. The number of halogens is 1. The number of hydrogen-bond donors (Lipinski definition) is 0. The molecule has 1 aromatic carbocycles. The third kappa shape index (κ3) is 2.78. The lowest BCUT2D eigenvalue weighted by molar-refractivity contribution is 0.00808. The SMILES string of the molecule is COCC1(Br)COc2ccc(S(C)(=O)=O)cc2O1. The average molecular weight is 337 g/mol. The third-order valence-electron chi connectivity index (χ3n) is 2.44. The van der Waals surface area contributed by atoms with E-state index < -0.39 is 14.3 Å². The predicted molar refractivity (Wildman–Crippen MR) is 69.2 cm³/mol. The Morgan fingerprint density at radius 3 is 2.78 bits per heavy atom. The monoisotopic (exact) mass is 336 g/mol. The molecule has 0 saturated heterocycles. The lowest BCUT2D eigenvalue weighted by Crippen LogP contribution is -2.43. The summed E-state index contributed by atoms with van der Waals surface area (Å²) in [6.07, 6.45) is 1.15. The molecule has 1 heterocycles. The quantitative estimate of drug-likeness (QED) is 0.784. The second kappa shape index (κ2) is 4.71. The van der Waals surface area contributed by atoms with E-state index >= 15 is 0 Å². The van der Waals surface area contributed by atoms with E-state index in [1.165, 1.54) is 12.1 Å². The third-order valence-corrected chi connectivity index (χ3v) is 4.17. The summed E-state index contributed by atoms with van der Waals surface area (Å²) in [5.74, 6) is 0.909. The van der Waals surface area contributed by atoms with Crippen molar-refractivity contribution in [2.24, 2.45) is 0 Å². The first-order chi connectivity index (χ1) is 8.34. The summed E-state index contributed by atoms with van der Waals surface area (Å²) in [4.78, 5) is 0.194. The molecule has 0 amide bonds. The Labute approximate surface area is 114 Å². The van der Waals surface area contributed by atoms with Crippen molar-refractivity contribution in [1.82, 2.24) is 0 Å². The normalized spacial score (nSPS) is 22.8. The molecular formula is C11H13BrO5S. The van der Waals surface area contributed by atoms with Gasteiger partial charge in [0.25, 0.3) is 0 Å². The van der Waals surface area contributed by atoms with E-state index in [9.17, 15) is 8.42 Å². The van der Waals surface area contributed by atoms with E-state index in [1.54, 1.807) is 13.2 Å². The molecule has 7 heteroatoms. The molecule has 0 spiro atoms. The van der Waals surface area contributed by atoms with Crippen LogP contribution in [-0.2, 0) is 14.6 Å². The lowest BCUT2D eigenvalue weighted by atomic mass is 10.2. The van der Waals surface area contributed by atoms with E-state index in [4.69, 9.17) is 14.2 Å². The van der Waals surface area contributed by atoms with Gasteiger partial charge in [0, 0.05) is 19.4 Å². The van der Waals surface area contributed by atoms with Crippen LogP contribution in [0.3, 0.4) is 0 Å². The highest BCUT2D eigenvalue weighted by Crippen LogP contribution is 2.39. The van der Waals surface area contributed by atoms with Crippen LogP contribution in [0.1, 0.15) is 0 Å². The first-order valence-electron chi connectivity index (χ1n) is 5.18. The largest absolute Gasteiger partial charge is 0.484 e. The maximum absolute atomic E-state index is 11.5. The molecule has 0 saturated carbocycles.